The van der Waals surface area contributed by atoms with E-state index in [1.807, 2.05) is 0 Å². The van der Waals surface area contributed by atoms with E-state index in [-0.39, 0.29) is 6.42 Å². The van der Waals surface area contributed by atoms with Crippen molar-refractivity contribution in [3.8, 4) is 0 Å². The standard InChI is InChI=1S/C7H10N4O2/c8-7(13)5(11-4-12)3-6-9-1-2-10-6/h1-2,4-5H,3H2,(H2,8,13)(H,9,10)(H,11,12)/t5-/m0/s1. The Kier molecular flexibility index (Phi) is 3.02. The van der Waals surface area contributed by atoms with Gasteiger partial charge < -0.3 is 16.0 Å². The van der Waals surface area contributed by atoms with Crippen molar-refractivity contribution in [3.05, 3.63) is 18.2 Å². The number of hydrogen-bond donors (Lipinski definition) is 3. The molecule has 0 bridgehead atoms. The zero-order valence-electron chi connectivity index (χ0n) is 6.86. The van der Waals surface area contributed by atoms with Crippen LogP contribution < -0.4 is 11.1 Å². The maximum Gasteiger partial charge on any atom is 0.240 e. The predicted octanol–water partition coefficient (Wildman–Crippen LogP) is -1.45. The summed E-state index contributed by atoms with van der Waals surface area (Å²) in [5.41, 5.74) is 5.04. The van der Waals surface area contributed by atoms with Crippen molar-refractivity contribution in [3.63, 3.8) is 0 Å². The number of aromatic nitrogens is 2. The normalized spacial score (nSPS) is 12.0. The van der Waals surface area contributed by atoms with Crippen molar-refractivity contribution in [2.45, 2.75) is 12.5 Å². The molecule has 6 heteroatoms. The molecule has 0 aliphatic rings. The van der Waals surface area contributed by atoms with E-state index in [1.165, 1.54) is 0 Å². The van der Waals surface area contributed by atoms with E-state index in [4.69, 9.17) is 5.73 Å². The zero-order valence-corrected chi connectivity index (χ0v) is 6.86. The Morgan fingerprint density at radius 3 is 3.08 bits per heavy atom. The Morgan fingerprint density at radius 2 is 2.62 bits per heavy atom. The zero-order chi connectivity index (χ0) is 9.68. The molecule has 0 aliphatic heterocycles. The summed E-state index contributed by atoms with van der Waals surface area (Å²) < 4.78 is 0. The quantitative estimate of drug-likeness (QED) is 0.485. The van der Waals surface area contributed by atoms with Gasteiger partial charge in [-0.3, -0.25) is 9.59 Å². The molecule has 0 fully saturated rings. The van der Waals surface area contributed by atoms with Crippen LogP contribution in [0.5, 0.6) is 0 Å². The molecule has 4 N–H and O–H groups in total. The third-order valence-corrected chi connectivity index (χ3v) is 1.56. The molecule has 70 valence electrons. The molecule has 0 aliphatic carbocycles. The maximum absolute atomic E-state index is 10.8. The van der Waals surface area contributed by atoms with E-state index < -0.39 is 11.9 Å². The van der Waals surface area contributed by atoms with Crippen molar-refractivity contribution in [1.29, 1.82) is 0 Å². The summed E-state index contributed by atoms with van der Waals surface area (Å²) in [7, 11) is 0. The third-order valence-electron chi connectivity index (χ3n) is 1.56. The van der Waals surface area contributed by atoms with Crippen LogP contribution in [0.25, 0.3) is 0 Å². The van der Waals surface area contributed by atoms with Gasteiger partial charge in [-0.1, -0.05) is 0 Å². The summed E-state index contributed by atoms with van der Waals surface area (Å²) in [5.74, 6) is 0.0293. The summed E-state index contributed by atoms with van der Waals surface area (Å²) in [6, 6.07) is -0.705. The average Bonchev–Trinajstić information content (AvgIpc) is 2.56. The van der Waals surface area contributed by atoms with E-state index in [1.54, 1.807) is 12.4 Å². The average molecular weight is 182 g/mol. The van der Waals surface area contributed by atoms with Gasteiger partial charge in [0, 0.05) is 18.8 Å². The molecule has 0 saturated heterocycles. The highest BCUT2D eigenvalue weighted by Gasteiger charge is 2.15. The molecule has 13 heavy (non-hydrogen) atoms. The second-order valence-electron chi connectivity index (χ2n) is 2.48. The number of H-pyrrole nitrogens is 1. The summed E-state index contributed by atoms with van der Waals surface area (Å²) in [6.45, 7) is 0. The van der Waals surface area contributed by atoms with E-state index >= 15 is 0 Å². The van der Waals surface area contributed by atoms with Crippen LogP contribution in [0, 0.1) is 0 Å². The Balaban J connectivity index is 2.57. The number of nitrogens with one attached hydrogen (secondary N) is 2. The minimum atomic E-state index is -0.705. The fourth-order valence-electron chi connectivity index (χ4n) is 0.927. The second kappa shape index (κ2) is 4.24. The number of rotatable bonds is 5. The van der Waals surface area contributed by atoms with E-state index in [0.29, 0.717) is 12.2 Å². The highest BCUT2D eigenvalue weighted by atomic mass is 16.2. The summed E-state index contributed by atoms with van der Waals surface area (Å²) in [6.07, 6.45) is 3.92. The van der Waals surface area contributed by atoms with Crippen molar-refractivity contribution >= 4 is 12.3 Å². The smallest absolute Gasteiger partial charge is 0.240 e. The number of nitrogens with zero attached hydrogens (tertiary/aromatic N) is 1. The molecule has 6 nitrogen and oxygen atoms in total. The molecule has 0 saturated carbocycles. The van der Waals surface area contributed by atoms with Gasteiger partial charge in [-0.25, -0.2) is 4.98 Å². The van der Waals surface area contributed by atoms with Crippen LogP contribution in [0.2, 0.25) is 0 Å². The molecule has 0 aromatic carbocycles. The first-order valence-corrected chi connectivity index (χ1v) is 3.71. The van der Waals surface area contributed by atoms with E-state index in [0.717, 1.165) is 0 Å². The highest BCUT2D eigenvalue weighted by Crippen LogP contribution is 1.94. The fourth-order valence-corrected chi connectivity index (χ4v) is 0.927. The molecule has 1 aromatic rings. The molecule has 0 spiro atoms. The van der Waals surface area contributed by atoms with Gasteiger partial charge in [0.05, 0.1) is 0 Å². The number of hydrogen-bond acceptors (Lipinski definition) is 3. The van der Waals surface area contributed by atoms with E-state index in [2.05, 4.69) is 15.3 Å². The maximum atomic E-state index is 10.8. The predicted molar refractivity (Wildman–Crippen MR) is 44.5 cm³/mol. The highest BCUT2D eigenvalue weighted by molar-refractivity contribution is 5.82. The van der Waals surface area contributed by atoms with Crippen molar-refractivity contribution in [2.75, 3.05) is 0 Å². The van der Waals surface area contributed by atoms with Crippen LogP contribution in [0.4, 0.5) is 0 Å². The molecular formula is C7H10N4O2. The lowest BCUT2D eigenvalue weighted by molar-refractivity contribution is -0.122. The largest absolute Gasteiger partial charge is 0.368 e. The van der Waals surface area contributed by atoms with Gasteiger partial charge in [-0.05, 0) is 0 Å². The molecule has 0 unspecified atom stereocenters. The fraction of sp³-hybridized carbons (Fsp3) is 0.286. The number of amides is 2. The van der Waals surface area contributed by atoms with Crippen LogP contribution in [0.15, 0.2) is 12.4 Å². The van der Waals surface area contributed by atoms with Crippen molar-refractivity contribution < 1.29 is 9.59 Å². The molecule has 0 radical (unpaired) electrons. The van der Waals surface area contributed by atoms with Gasteiger partial charge in [0.1, 0.15) is 11.9 Å². The first-order chi connectivity index (χ1) is 6.24. The van der Waals surface area contributed by atoms with Gasteiger partial charge in [0.2, 0.25) is 12.3 Å². The van der Waals surface area contributed by atoms with Crippen molar-refractivity contribution in [1.82, 2.24) is 15.3 Å². The van der Waals surface area contributed by atoms with Gasteiger partial charge in [-0.15, -0.1) is 0 Å². The summed E-state index contributed by atoms with van der Waals surface area (Å²) in [4.78, 5) is 27.6. The molecular weight excluding hydrogens is 172 g/mol. The first kappa shape index (κ1) is 9.24. The number of imidazole rings is 1. The van der Waals surface area contributed by atoms with Gasteiger partial charge >= 0.3 is 0 Å². The van der Waals surface area contributed by atoms with Crippen LogP contribution in [0.1, 0.15) is 5.82 Å². The van der Waals surface area contributed by atoms with Crippen LogP contribution in [-0.4, -0.2) is 28.3 Å². The van der Waals surface area contributed by atoms with Crippen LogP contribution in [-0.2, 0) is 16.0 Å². The van der Waals surface area contributed by atoms with Gasteiger partial charge in [-0.2, -0.15) is 0 Å². The van der Waals surface area contributed by atoms with E-state index in [9.17, 15) is 9.59 Å². The number of primary amides is 1. The summed E-state index contributed by atoms with van der Waals surface area (Å²) in [5, 5.41) is 2.31. The topological polar surface area (TPSA) is 101 Å². The molecule has 1 heterocycles. The molecule has 1 rings (SSSR count). The number of carbonyl (C=O) groups is 2. The van der Waals surface area contributed by atoms with Gasteiger partial charge in [0.25, 0.3) is 0 Å². The summed E-state index contributed by atoms with van der Waals surface area (Å²) >= 11 is 0. The third kappa shape index (κ3) is 2.58. The van der Waals surface area contributed by atoms with Crippen LogP contribution >= 0.6 is 0 Å². The minimum absolute atomic E-state index is 0.279. The Bertz CT molecular complexity index is 283. The van der Waals surface area contributed by atoms with Crippen LogP contribution in [0.3, 0.4) is 0 Å². The first-order valence-electron chi connectivity index (χ1n) is 3.71. The molecule has 1 atom stereocenters. The number of nitrogens with two attached hydrogens (primary N) is 1. The number of aromatic amines is 1. The molecule has 1 aromatic heterocycles. The van der Waals surface area contributed by atoms with Crippen molar-refractivity contribution in [2.24, 2.45) is 5.73 Å². The monoisotopic (exact) mass is 182 g/mol. The number of carbonyl (C=O) groups excluding carboxylic acids is 2. The Morgan fingerprint density at radius 1 is 1.85 bits per heavy atom. The lowest BCUT2D eigenvalue weighted by atomic mass is 10.2. The van der Waals surface area contributed by atoms with Gasteiger partial charge in [0.15, 0.2) is 0 Å². The lowest BCUT2D eigenvalue weighted by Crippen LogP contribution is -2.42. The minimum Gasteiger partial charge on any atom is -0.368 e. The molecule has 2 amide bonds. The second-order valence-corrected chi connectivity index (χ2v) is 2.48. The SMILES string of the molecule is NC(=O)[C@H](Cc1ncc[nH]1)NC=O. The lowest BCUT2D eigenvalue weighted by Gasteiger charge is -2.09. The Hall–Kier alpha value is -1.85. The Labute approximate surface area is 74.5 Å².